The summed E-state index contributed by atoms with van der Waals surface area (Å²) in [4.78, 5) is 22.9. The Balaban J connectivity index is 1.83. The highest BCUT2D eigenvalue weighted by Gasteiger charge is 2.38. The molecule has 124 valence electrons. The summed E-state index contributed by atoms with van der Waals surface area (Å²) in [5.41, 5.74) is 9.19. The van der Waals surface area contributed by atoms with Crippen molar-refractivity contribution < 1.29 is 14.3 Å². The number of nitrogen functional groups attached to an aromatic ring is 1. The topological polar surface area (TPSA) is 90.6 Å². The van der Waals surface area contributed by atoms with Crippen LogP contribution < -0.4 is 15.2 Å². The van der Waals surface area contributed by atoms with Crippen LogP contribution >= 0.6 is 0 Å². The molecule has 0 saturated carbocycles. The molecule has 4 rings (SSSR count). The van der Waals surface area contributed by atoms with Gasteiger partial charge in [-0.2, -0.15) is 0 Å². The quantitative estimate of drug-likeness (QED) is 0.896. The summed E-state index contributed by atoms with van der Waals surface area (Å²) in [7, 11) is 3.24. The van der Waals surface area contributed by atoms with Gasteiger partial charge in [-0.3, -0.25) is 4.79 Å². The first-order valence-corrected chi connectivity index (χ1v) is 7.79. The molecule has 0 saturated heterocycles. The van der Waals surface area contributed by atoms with E-state index in [4.69, 9.17) is 15.2 Å². The maximum absolute atomic E-state index is 12.8. The van der Waals surface area contributed by atoms with Gasteiger partial charge in [0.1, 0.15) is 0 Å². The van der Waals surface area contributed by atoms with Gasteiger partial charge in [0.05, 0.1) is 31.5 Å². The number of carbonyl (C=O) groups is 1. The van der Waals surface area contributed by atoms with Gasteiger partial charge in [0.25, 0.3) is 5.91 Å². The highest BCUT2D eigenvalue weighted by molar-refractivity contribution is 5.96. The van der Waals surface area contributed by atoms with E-state index in [1.165, 1.54) is 11.8 Å². The number of rotatable bonds is 2. The molecule has 2 aromatic rings. The molecule has 7 nitrogen and oxygen atoms in total. The van der Waals surface area contributed by atoms with Crippen molar-refractivity contribution in [3.05, 3.63) is 40.7 Å². The van der Waals surface area contributed by atoms with Crippen molar-refractivity contribution in [1.82, 2.24) is 14.9 Å². The smallest absolute Gasteiger partial charge is 0.257 e. The van der Waals surface area contributed by atoms with Crippen LogP contribution in [0.4, 0.5) is 5.95 Å². The molecule has 0 radical (unpaired) electrons. The molecule has 24 heavy (non-hydrogen) atoms. The summed E-state index contributed by atoms with van der Waals surface area (Å²) in [6.07, 6.45) is 2.93. The van der Waals surface area contributed by atoms with Crippen molar-refractivity contribution in [3.63, 3.8) is 0 Å². The number of nitrogens with zero attached hydrogens (tertiary/aromatic N) is 3. The minimum Gasteiger partial charge on any atom is -0.493 e. The zero-order valence-electron chi connectivity index (χ0n) is 13.6. The Labute approximate surface area is 139 Å². The van der Waals surface area contributed by atoms with Crippen LogP contribution in [-0.2, 0) is 12.8 Å². The minimum absolute atomic E-state index is 0.0401. The van der Waals surface area contributed by atoms with Gasteiger partial charge in [-0.05, 0) is 29.7 Å². The Hall–Kier alpha value is -2.83. The van der Waals surface area contributed by atoms with Crippen molar-refractivity contribution in [1.29, 1.82) is 0 Å². The third-order valence-electron chi connectivity index (χ3n) is 4.77. The molecule has 2 aliphatic rings. The van der Waals surface area contributed by atoms with Crippen LogP contribution in [0, 0.1) is 0 Å². The third-order valence-corrected chi connectivity index (χ3v) is 4.77. The van der Waals surface area contributed by atoms with Gasteiger partial charge in [-0.25, -0.2) is 9.97 Å². The Morgan fingerprint density at radius 1 is 1.25 bits per heavy atom. The lowest BCUT2D eigenvalue weighted by Gasteiger charge is -2.40. The number of nitrogens with two attached hydrogens (primary N) is 1. The first-order chi connectivity index (χ1) is 11.6. The van der Waals surface area contributed by atoms with E-state index >= 15 is 0 Å². The number of aromatic nitrogens is 2. The number of amides is 1. The second kappa shape index (κ2) is 5.36. The number of benzene rings is 1. The fourth-order valence-electron chi connectivity index (χ4n) is 3.60. The van der Waals surface area contributed by atoms with Crippen molar-refractivity contribution >= 4 is 11.9 Å². The van der Waals surface area contributed by atoms with Gasteiger partial charge in [0.2, 0.25) is 5.95 Å². The summed E-state index contributed by atoms with van der Waals surface area (Å²) in [6.45, 7) is 0.662. The molecule has 1 aromatic heterocycles. The van der Waals surface area contributed by atoms with E-state index in [-0.39, 0.29) is 17.9 Å². The van der Waals surface area contributed by atoms with Gasteiger partial charge in [-0.1, -0.05) is 0 Å². The molecule has 1 aromatic carbocycles. The lowest BCUT2D eigenvalue weighted by atomic mass is 9.85. The summed E-state index contributed by atoms with van der Waals surface area (Å²) in [5.74, 6) is 1.53. The zero-order chi connectivity index (χ0) is 16.8. The monoisotopic (exact) mass is 326 g/mol. The molecule has 0 spiro atoms. The molecule has 3 heterocycles. The van der Waals surface area contributed by atoms with E-state index in [9.17, 15) is 4.79 Å². The van der Waals surface area contributed by atoms with Crippen LogP contribution in [0.1, 0.15) is 33.2 Å². The van der Waals surface area contributed by atoms with Crippen molar-refractivity contribution in [2.24, 2.45) is 0 Å². The van der Waals surface area contributed by atoms with Gasteiger partial charge in [-0.15, -0.1) is 0 Å². The number of anilines is 1. The largest absolute Gasteiger partial charge is 0.493 e. The van der Waals surface area contributed by atoms with Crippen LogP contribution in [0.2, 0.25) is 0 Å². The van der Waals surface area contributed by atoms with E-state index in [0.717, 1.165) is 12.0 Å². The Morgan fingerprint density at radius 2 is 2.00 bits per heavy atom. The highest BCUT2D eigenvalue weighted by atomic mass is 16.5. The average molecular weight is 326 g/mol. The normalized spacial score (nSPS) is 18.5. The lowest BCUT2D eigenvalue weighted by Crippen LogP contribution is -2.44. The van der Waals surface area contributed by atoms with E-state index in [1.54, 1.807) is 14.2 Å². The third kappa shape index (κ3) is 2.08. The minimum atomic E-state index is -0.0668. The molecule has 1 amide bonds. The van der Waals surface area contributed by atoms with E-state index in [0.29, 0.717) is 35.7 Å². The number of ether oxygens (including phenoxy) is 2. The molecular weight excluding hydrogens is 308 g/mol. The first kappa shape index (κ1) is 14.7. The van der Waals surface area contributed by atoms with E-state index < -0.39 is 0 Å². The molecule has 0 unspecified atom stereocenters. The molecule has 0 bridgehead atoms. The molecule has 0 aliphatic carbocycles. The number of hydrogen-bond donors (Lipinski definition) is 1. The predicted molar refractivity (Wildman–Crippen MR) is 87.2 cm³/mol. The zero-order valence-corrected chi connectivity index (χ0v) is 13.6. The van der Waals surface area contributed by atoms with Crippen LogP contribution in [0.3, 0.4) is 0 Å². The summed E-state index contributed by atoms with van der Waals surface area (Å²) in [6, 6.07) is 3.90. The maximum atomic E-state index is 12.8. The van der Waals surface area contributed by atoms with E-state index in [1.807, 2.05) is 17.0 Å². The number of fused-ring (bicyclic) bond motifs is 4. The van der Waals surface area contributed by atoms with Crippen LogP contribution in [0.25, 0.3) is 0 Å². The Bertz CT molecular complexity index is 837. The molecule has 2 N–H and O–H groups in total. The Kier molecular flexibility index (Phi) is 3.30. The van der Waals surface area contributed by atoms with Crippen LogP contribution in [0.15, 0.2) is 18.3 Å². The van der Waals surface area contributed by atoms with Crippen molar-refractivity contribution in [2.45, 2.75) is 18.9 Å². The highest BCUT2D eigenvalue weighted by Crippen LogP contribution is 2.41. The van der Waals surface area contributed by atoms with Crippen molar-refractivity contribution in [3.8, 4) is 11.5 Å². The van der Waals surface area contributed by atoms with Gasteiger partial charge >= 0.3 is 0 Å². The number of hydrogen-bond acceptors (Lipinski definition) is 6. The summed E-state index contributed by atoms with van der Waals surface area (Å²) in [5, 5.41) is 0. The molecule has 0 fully saturated rings. The predicted octanol–water partition coefficient (Wildman–Crippen LogP) is 1.37. The Morgan fingerprint density at radius 3 is 2.75 bits per heavy atom. The summed E-state index contributed by atoms with van der Waals surface area (Å²) >= 11 is 0. The van der Waals surface area contributed by atoms with Crippen LogP contribution in [0.5, 0.6) is 11.5 Å². The first-order valence-electron chi connectivity index (χ1n) is 7.79. The van der Waals surface area contributed by atoms with Crippen LogP contribution in [-0.4, -0.2) is 41.5 Å². The molecule has 2 aliphatic heterocycles. The van der Waals surface area contributed by atoms with E-state index in [2.05, 4.69) is 9.97 Å². The summed E-state index contributed by atoms with van der Waals surface area (Å²) < 4.78 is 10.8. The van der Waals surface area contributed by atoms with Crippen molar-refractivity contribution in [2.75, 3.05) is 26.5 Å². The molecule has 1 atom stereocenters. The molecular formula is C17H18N4O3. The second-order valence-electron chi connectivity index (χ2n) is 5.96. The molecule has 7 heteroatoms. The number of methoxy groups -OCH3 is 2. The fourth-order valence-corrected chi connectivity index (χ4v) is 3.60. The maximum Gasteiger partial charge on any atom is 0.257 e. The lowest BCUT2D eigenvalue weighted by molar-refractivity contribution is 0.0627. The SMILES string of the molecule is COc1cc2c(cc1OC)[C@@H]1Cc3nc(N)ncc3C(=O)N1CC2. The van der Waals surface area contributed by atoms with Gasteiger partial charge in [0, 0.05) is 19.2 Å². The standard InChI is InChI=1S/C17H18N4O3/c1-23-14-5-9-3-4-21-13(10(9)6-15(14)24-2)7-12-11(16(21)22)8-19-17(18)20-12/h5-6,8,13H,3-4,7H2,1-2H3,(H2,18,19,20)/t13-/m0/s1. The average Bonchev–Trinajstić information content (AvgIpc) is 2.60. The fraction of sp³-hybridized carbons (Fsp3) is 0.353. The van der Waals surface area contributed by atoms with Gasteiger partial charge in [0.15, 0.2) is 11.5 Å². The number of carbonyl (C=O) groups excluding carboxylic acids is 1. The van der Waals surface area contributed by atoms with Gasteiger partial charge < -0.3 is 20.1 Å². The second-order valence-corrected chi connectivity index (χ2v) is 5.96.